The molecule has 0 fully saturated rings. The molecule has 20 heavy (non-hydrogen) atoms. The van der Waals surface area contributed by atoms with Crippen LogP contribution in [0.3, 0.4) is 0 Å². The molecule has 0 amide bonds. The van der Waals surface area contributed by atoms with Crippen LogP contribution in [-0.2, 0) is 25.1 Å². The third kappa shape index (κ3) is 5.25. The van der Waals surface area contributed by atoms with Gasteiger partial charge >= 0.3 is 7.60 Å². The number of aldehydes is 2. The lowest BCUT2D eigenvalue weighted by Crippen LogP contribution is -2.23. The quantitative estimate of drug-likeness (QED) is 0.549. The topological polar surface area (TPSA) is 95.7 Å². The van der Waals surface area contributed by atoms with Gasteiger partial charge in [0, 0.05) is 13.5 Å². The number of benzene rings is 1. The fraction of sp³-hybridized carbons (Fsp3) is 0.385. The normalized spacial score (nSPS) is 15.1. The zero-order valence-corrected chi connectivity index (χ0v) is 12.1. The summed E-state index contributed by atoms with van der Waals surface area (Å²) < 4.78 is 22.7. The molecule has 2 atom stereocenters. The molecule has 2 N–H and O–H groups in total. The van der Waals surface area contributed by atoms with E-state index in [1.54, 1.807) is 24.3 Å². The van der Waals surface area contributed by atoms with Crippen molar-refractivity contribution in [3.05, 3.63) is 29.8 Å². The zero-order chi connectivity index (χ0) is 15.0. The molecule has 1 aromatic rings. The first-order valence-electron chi connectivity index (χ1n) is 6.11. The lowest BCUT2D eigenvalue weighted by Gasteiger charge is -2.18. The van der Waals surface area contributed by atoms with Crippen molar-refractivity contribution < 1.29 is 23.2 Å². The molecule has 1 aromatic carbocycles. The highest BCUT2D eigenvalue weighted by molar-refractivity contribution is 7.54. The molecule has 0 aromatic heterocycles. The summed E-state index contributed by atoms with van der Waals surface area (Å²) in [6.45, 7) is 0. The molecular weight excluding hydrogens is 281 g/mol. The Labute approximate surface area is 117 Å². The van der Waals surface area contributed by atoms with Crippen LogP contribution in [0, 0.1) is 0 Å². The van der Waals surface area contributed by atoms with Gasteiger partial charge in [-0.2, -0.15) is 0 Å². The van der Waals surface area contributed by atoms with Gasteiger partial charge in [0.2, 0.25) is 0 Å². The Kier molecular flexibility index (Phi) is 6.58. The Bertz CT molecular complexity index is 505. The van der Waals surface area contributed by atoms with E-state index in [4.69, 9.17) is 14.8 Å². The highest BCUT2D eigenvalue weighted by Crippen LogP contribution is 2.48. The maximum Gasteiger partial charge on any atom is 0.378 e. The van der Waals surface area contributed by atoms with Gasteiger partial charge < -0.3 is 24.4 Å². The van der Waals surface area contributed by atoms with Gasteiger partial charge in [0.15, 0.2) is 0 Å². The van der Waals surface area contributed by atoms with Gasteiger partial charge in [0.25, 0.3) is 0 Å². The molecule has 0 bridgehead atoms. The fourth-order valence-corrected chi connectivity index (χ4v) is 2.93. The number of rotatable bonds is 9. The van der Waals surface area contributed by atoms with Crippen molar-refractivity contribution in [2.24, 2.45) is 5.73 Å². The van der Waals surface area contributed by atoms with Crippen molar-refractivity contribution in [1.82, 2.24) is 0 Å². The van der Waals surface area contributed by atoms with E-state index in [0.717, 1.165) is 11.8 Å². The van der Waals surface area contributed by atoms with Crippen molar-refractivity contribution >= 4 is 20.2 Å². The molecular formula is C13H18NO5P. The van der Waals surface area contributed by atoms with Crippen LogP contribution in [0.15, 0.2) is 24.3 Å². The summed E-state index contributed by atoms with van der Waals surface area (Å²) in [7, 11) is -2.07. The SMILES string of the molecule is CO[P@](=O)(CC[C@@H](N)C=O)Oc1cccc(CC=O)c1. The molecule has 6 nitrogen and oxygen atoms in total. The number of carbonyl (C=O) groups excluding carboxylic acids is 2. The van der Waals surface area contributed by atoms with Crippen LogP contribution in [0.25, 0.3) is 0 Å². The van der Waals surface area contributed by atoms with Gasteiger partial charge in [0.1, 0.15) is 18.3 Å². The van der Waals surface area contributed by atoms with E-state index >= 15 is 0 Å². The second kappa shape index (κ2) is 7.94. The van der Waals surface area contributed by atoms with E-state index in [2.05, 4.69) is 0 Å². The minimum absolute atomic E-state index is 0.0430. The van der Waals surface area contributed by atoms with E-state index in [0.29, 0.717) is 12.0 Å². The molecule has 0 saturated heterocycles. The van der Waals surface area contributed by atoms with Crippen LogP contribution in [-0.4, -0.2) is 31.9 Å². The Hall–Kier alpha value is -1.49. The third-order valence-corrected chi connectivity index (χ3v) is 4.50. The molecule has 7 heteroatoms. The Morgan fingerprint density at radius 1 is 1.40 bits per heavy atom. The zero-order valence-electron chi connectivity index (χ0n) is 11.2. The van der Waals surface area contributed by atoms with E-state index in [1.165, 1.54) is 7.11 Å². The number of hydrogen-bond acceptors (Lipinski definition) is 6. The van der Waals surface area contributed by atoms with Crippen molar-refractivity contribution in [2.45, 2.75) is 18.9 Å². The van der Waals surface area contributed by atoms with Gasteiger partial charge in [0.05, 0.1) is 12.2 Å². The smallest absolute Gasteiger partial charge is 0.378 e. The molecule has 1 rings (SSSR count). The minimum atomic E-state index is -3.36. The van der Waals surface area contributed by atoms with Gasteiger partial charge in [-0.25, -0.2) is 4.57 Å². The van der Waals surface area contributed by atoms with Crippen LogP contribution in [0.2, 0.25) is 0 Å². The maximum absolute atomic E-state index is 12.4. The van der Waals surface area contributed by atoms with E-state index in [9.17, 15) is 14.2 Å². The summed E-state index contributed by atoms with van der Waals surface area (Å²) in [5, 5.41) is 0. The predicted molar refractivity (Wildman–Crippen MR) is 75.0 cm³/mol. The van der Waals surface area contributed by atoms with Gasteiger partial charge in [-0.15, -0.1) is 0 Å². The molecule has 0 saturated carbocycles. The van der Waals surface area contributed by atoms with Gasteiger partial charge in [-0.05, 0) is 24.1 Å². The van der Waals surface area contributed by atoms with Crippen LogP contribution in [0.1, 0.15) is 12.0 Å². The van der Waals surface area contributed by atoms with Crippen LogP contribution < -0.4 is 10.3 Å². The average Bonchev–Trinajstić information content (AvgIpc) is 2.45. The summed E-state index contributed by atoms with van der Waals surface area (Å²) in [6.07, 6.45) is 1.87. The standard InChI is InChI=1S/C13H18NO5P/c1-18-20(17,8-6-12(14)10-16)19-13-4-2-3-11(9-13)5-7-15/h2-4,7,9-10,12H,5-6,8,14H2,1H3/t12-,20-/m1/s1. The monoisotopic (exact) mass is 299 g/mol. The molecule has 110 valence electrons. The molecule has 0 aliphatic heterocycles. The molecule has 0 heterocycles. The van der Waals surface area contributed by atoms with E-state index in [1.807, 2.05) is 0 Å². The summed E-state index contributed by atoms with van der Waals surface area (Å²) in [5.41, 5.74) is 6.21. The highest BCUT2D eigenvalue weighted by Gasteiger charge is 2.25. The first kappa shape index (κ1) is 16.6. The van der Waals surface area contributed by atoms with Gasteiger partial charge in [-0.3, -0.25) is 0 Å². The predicted octanol–water partition coefficient (Wildman–Crippen LogP) is 1.56. The second-order valence-electron chi connectivity index (χ2n) is 4.22. The van der Waals surface area contributed by atoms with Crippen LogP contribution in [0.4, 0.5) is 0 Å². The maximum atomic E-state index is 12.4. The molecule has 0 aliphatic carbocycles. The van der Waals surface area contributed by atoms with Crippen molar-refractivity contribution in [3.63, 3.8) is 0 Å². The van der Waals surface area contributed by atoms with Crippen molar-refractivity contribution in [1.29, 1.82) is 0 Å². The largest absolute Gasteiger partial charge is 0.424 e. The van der Waals surface area contributed by atoms with Gasteiger partial charge in [-0.1, -0.05) is 12.1 Å². The van der Waals surface area contributed by atoms with Crippen molar-refractivity contribution in [2.75, 3.05) is 13.3 Å². The fourth-order valence-electron chi connectivity index (χ4n) is 1.54. The molecule has 0 aliphatic rings. The number of carbonyl (C=O) groups is 2. The summed E-state index contributed by atoms with van der Waals surface area (Å²) in [4.78, 5) is 20.9. The highest BCUT2D eigenvalue weighted by atomic mass is 31.2. The Morgan fingerprint density at radius 3 is 2.75 bits per heavy atom. The van der Waals surface area contributed by atoms with Crippen molar-refractivity contribution in [3.8, 4) is 5.75 Å². The summed E-state index contributed by atoms with van der Waals surface area (Å²) in [6, 6.07) is 6.02. The number of hydrogen-bond donors (Lipinski definition) is 1. The van der Waals surface area contributed by atoms with Crippen LogP contribution in [0.5, 0.6) is 5.75 Å². The summed E-state index contributed by atoms with van der Waals surface area (Å²) in [5.74, 6) is 0.356. The third-order valence-electron chi connectivity index (χ3n) is 2.65. The van der Waals surface area contributed by atoms with E-state index in [-0.39, 0.29) is 19.0 Å². The second-order valence-corrected chi connectivity index (χ2v) is 6.43. The Morgan fingerprint density at radius 2 is 2.15 bits per heavy atom. The van der Waals surface area contributed by atoms with Crippen LogP contribution >= 0.6 is 7.60 Å². The first-order chi connectivity index (χ1) is 9.53. The number of nitrogens with two attached hydrogens (primary N) is 1. The lowest BCUT2D eigenvalue weighted by molar-refractivity contribution is -0.109. The molecule has 0 unspecified atom stereocenters. The van der Waals surface area contributed by atoms with E-state index < -0.39 is 13.6 Å². The lowest BCUT2D eigenvalue weighted by atomic mass is 10.2. The Balaban J connectivity index is 2.76. The first-order valence-corrected chi connectivity index (χ1v) is 7.83. The molecule has 0 spiro atoms. The average molecular weight is 299 g/mol. The minimum Gasteiger partial charge on any atom is -0.424 e. The summed E-state index contributed by atoms with van der Waals surface area (Å²) >= 11 is 0. The molecule has 0 radical (unpaired) electrons.